The van der Waals surface area contributed by atoms with E-state index in [0.29, 0.717) is 11.3 Å². The van der Waals surface area contributed by atoms with Gasteiger partial charge in [-0.05, 0) is 66.3 Å². The molecular formula is C31H33NO5. The van der Waals surface area contributed by atoms with Crippen LogP contribution in [0, 0.1) is 13.8 Å². The van der Waals surface area contributed by atoms with Gasteiger partial charge in [0.25, 0.3) is 11.7 Å². The van der Waals surface area contributed by atoms with E-state index in [0.717, 1.165) is 33.6 Å². The molecule has 6 nitrogen and oxygen atoms in total. The summed E-state index contributed by atoms with van der Waals surface area (Å²) in [5, 5.41) is 11.6. The summed E-state index contributed by atoms with van der Waals surface area (Å²) in [7, 11) is 3.21. The minimum atomic E-state index is -0.731. The Labute approximate surface area is 218 Å². The van der Waals surface area contributed by atoms with Gasteiger partial charge in [0.15, 0.2) is 0 Å². The van der Waals surface area contributed by atoms with Gasteiger partial charge in [-0.15, -0.1) is 0 Å². The second-order valence-electron chi connectivity index (χ2n) is 9.75. The summed E-state index contributed by atoms with van der Waals surface area (Å²) in [6.07, 6.45) is 0. The maximum Gasteiger partial charge on any atom is 0.295 e. The normalized spacial score (nSPS) is 16.9. The van der Waals surface area contributed by atoms with Crippen molar-refractivity contribution in [2.45, 2.75) is 46.2 Å². The lowest BCUT2D eigenvalue weighted by Gasteiger charge is -2.26. The van der Waals surface area contributed by atoms with E-state index < -0.39 is 17.7 Å². The summed E-state index contributed by atoms with van der Waals surface area (Å²) in [6, 6.07) is 18.1. The quantitative estimate of drug-likeness (QED) is 0.243. The molecule has 1 amide bonds. The van der Waals surface area contributed by atoms with E-state index in [1.54, 1.807) is 14.2 Å². The van der Waals surface area contributed by atoms with Gasteiger partial charge in [-0.2, -0.15) is 0 Å². The molecule has 1 atom stereocenters. The van der Waals surface area contributed by atoms with Gasteiger partial charge in [-0.3, -0.25) is 9.59 Å². The molecule has 3 aromatic carbocycles. The van der Waals surface area contributed by atoms with Crippen molar-refractivity contribution in [1.29, 1.82) is 0 Å². The predicted octanol–water partition coefficient (Wildman–Crippen LogP) is 6.07. The zero-order valence-corrected chi connectivity index (χ0v) is 22.2. The van der Waals surface area contributed by atoms with Crippen LogP contribution in [-0.2, 0) is 16.1 Å². The average molecular weight is 500 g/mol. The lowest BCUT2D eigenvalue weighted by atomic mass is 9.90. The molecule has 0 aliphatic carbocycles. The Bertz CT molecular complexity index is 1370. The van der Waals surface area contributed by atoms with Crippen LogP contribution in [0.4, 0.5) is 0 Å². The van der Waals surface area contributed by atoms with E-state index in [4.69, 9.17) is 9.47 Å². The van der Waals surface area contributed by atoms with Gasteiger partial charge in [-0.1, -0.05) is 55.8 Å². The molecule has 0 spiro atoms. The smallest absolute Gasteiger partial charge is 0.295 e. The zero-order chi connectivity index (χ0) is 26.9. The van der Waals surface area contributed by atoms with E-state index in [-0.39, 0.29) is 23.8 Å². The Balaban J connectivity index is 1.89. The molecule has 1 heterocycles. The van der Waals surface area contributed by atoms with Crippen LogP contribution in [0.1, 0.15) is 59.2 Å². The molecule has 4 rings (SSSR count). The fourth-order valence-electron chi connectivity index (χ4n) is 4.88. The third-order valence-corrected chi connectivity index (χ3v) is 6.86. The number of aliphatic hydroxyl groups excluding tert-OH is 1. The molecule has 0 bridgehead atoms. The molecule has 0 saturated carbocycles. The van der Waals surface area contributed by atoms with Crippen LogP contribution in [0.3, 0.4) is 0 Å². The van der Waals surface area contributed by atoms with Crippen molar-refractivity contribution in [2.75, 3.05) is 14.2 Å². The number of nitrogens with zero attached hydrogens (tertiary/aromatic N) is 1. The van der Waals surface area contributed by atoms with E-state index in [1.165, 1.54) is 4.90 Å². The summed E-state index contributed by atoms with van der Waals surface area (Å²) >= 11 is 0. The maximum absolute atomic E-state index is 13.5. The molecule has 1 unspecified atom stereocenters. The molecular weight excluding hydrogens is 466 g/mol. The number of amides is 1. The summed E-state index contributed by atoms with van der Waals surface area (Å²) < 4.78 is 10.8. The topological polar surface area (TPSA) is 76.1 Å². The highest BCUT2D eigenvalue weighted by Gasteiger charge is 2.46. The minimum absolute atomic E-state index is 0.0899. The van der Waals surface area contributed by atoms with Crippen LogP contribution in [0.2, 0.25) is 0 Å². The average Bonchev–Trinajstić information content (AvgIpc) is 3.13. The molecule has 1 N–H and O–H groups in total. The van der Waals surface area contributed by atoms with Gasteiger partial charge >= 0.3 is 0 Å². The number of hydrogen-bond donors (Lipinski definition) is 1. The first kappa shape index (κ1) is 26.0. The number of hydrogen-bond acceptors (Lipinski definition) is 5. The fraction of sp³-hybridized carbons (Fsp3) is 0.290. The first-order valence-electron chi connectivity index (χ1n) is 12.3. The van der Waals surface area contributed by atoms with Crippen molar-refractivity contribution in [3.05, 3.63) is 99.6 Å². The van der Waals surface area contributed by atoms with Crippen molar-refractivity contribution < 1.29 is 24.2 Å². The zero-order valence-electron chi connectivity index (χ0n) is 22.2. The van der Waals surface area contributed by atoms with E-state index in [1.807, 2.05) is 88.4 Å². The Kier molecular flexibility index (Phi) is 7.39. The molecule has 3 aromatic rings. The molecule has 0 radical (unpaired) electrons. The third kappa shape index (κ3) is 4.96. The van der Waals surface area contributed by atoms with Gasteiger partial charge in [0.05, 0.1) is 25.8 Å². The monoisotopic (exact) mass is 499 g/mol. The Morgan fingerprint density at radius 1 is 0.973 bits per heavy atom. The Morgan fingerprint density at radius 3 is 2.27 bits per heavy atom. The van der Waals surface area contributed by atoms with E-state index in [9.17, 15) is 14.7 Å². The number of aliphatic hydroxyl groups is 1. The van der Waals surface area contributed by atoms with Crippen molar-refractivity contribution in [3.63, 3.8) is 0 Å². The number of ether oxygens (including phenoxy) is 2. The van der Waals surface area contributed by atoms with Crippen molar-refractivity contribution >= 4 is 17.4 Å². The van der Waals surface area contributed by atoms with Crippen LogP contribution >= 0.6 is 0 Å². The van der Waals surface area contributed by atoms with Gasteiger partial charge < -0.3 is 19.5 Å². The van der Waals surface area contributed by atoms with Gasteiger partial charge in [0, 0.05) is 12.1 Å². The van der Waals surface area contributed by atoms with Gasteiger partial charge in [-0.25, -0.2) is 0 Å². The molecule has 1 aliphatic rings. The first-order chi connectivity index (χ1) is 17.7. The number of ketones is 1. The highest BCUT2D eigenvalue weighted by molar-refractivity contribution is 6.46. The molecule has 0 aromatic heterocycles. The molecule has 1 fully saturated rings. The summed E-state index contributed by atoms with van der Waals surface area (Å²) in [5.74, 6) is 0.0467. The highest BCUT2D eigenvalue weighted by Crippen LogP contribution is 2.42. The molecule has 6 heteroatoms. The van der Waals surface area contributed by atoms with Crippen LogP contribution in [0.15, 0.2) is 66.2 Å². The number of rotatable bonds is 7. The second kappa shape index (κ2) is 10.5. The van der Waals surface area contributed by atoms with Crippen LogP contribution < -0.4 is 9.47 Å². The SMILES string of the molecule is COc1ccc(CN2C(=O)C(=O)/C(=C(/O)c3cc(C(C)C)c(OC)cc3C)C2c2cccc(C)c2)cc1. The van der Waals surface area contributed by atoms with Crippen LogP contribution in [0.25, 0.3) is 5.76 Å². The van der Waals surface area contributed by atoms with Crippen molar-refractivity contribution in [2.24, 2.45) is 0 Å². The number of aryl methyl sites for hydroxylation is 2. The van der Waals surface area contributed by atoms with Crippen LogP contribution in [-0.4, -0.2) is 35.9 Å². The Morgan fingerprint density at radius 2 is 1.68 bits per heavy atom. The standard InChI is InChI=1S/C31H33NO5/c1-18(2)24-16-25(20(4)15-26(24)37-6)29(33)27-28(22-9-7-8-19(3)14-22)32(31(35)30(27)34)17-21-10-12-23(36-5)13-11-21/h7-16,18,28,33H,17H2,1-6H3/b29-27+. The number of methoxy groups -OCH3 is 2. The lowest BCUT2D eigenvalue weighted by Crippen LogP contribution is -2.29. The predicted molar refractivity (Wildman–Crippen MR) is 144 cm³/mol. The fourth-order valence-corrected chi connectivity index (χ4v) is 4.88. The largest absolute Gasteiger partial charge is 0.507 e. The van der Waals surface area contributed by atoms with Crippen molar-refractivity contribution in [3.8, 4) is 11.5 Å². The summed E-state index contributed by atoms with van der Waals surface area (Å²) in [6.45, 7) is 8.11. The van der Waals surface area contributed by atoms with Gasteiger partial charge in [0.1, 0.15) is 17.3 Å². The lowest BCUT2D eigenvalue weighted by molar-refractivity contribution is -0.140. The van der Waals surface area contributed by atoms with Crippen molar-refractivity contribution in [1.82, 2.24) is 4.90 Å². The minimum Gasteiger partial charge on any atom is -0.507 e. The van der Waals surface area contributed by atoms with E-state index in [2.05, 4.69) is 0 Å². The van der Waals surface area contributed by atoms with Crippen LogP contribution in [0.5, 0.6) is 11.5 Å². The highest BCUT2D eigenvalue weighted by atomic mass is 16.5. The molecule has 37 heavy (non-hydrogen) atoms. The second-order valence-corrected chi connectivity index (χ2v) is 9.75. The summed E-state index contributed by atoms with van der Waals surface area (Å²) in [4.78, 5) is 28.4. The molecule has 192 valence electrons. The van der Waals surface area contributed by atoms with E-state index >= 15 is 0 Å². The number of benzene rings is 3. The molecule has 1 saturated heterocycles. The number of likely N-dealkylation sites (tertiary alicyclic amines) is 1. The number of carbonyl (C=O) groups excluding carboxylic acids is 2. The third-order valence-electron chi connectivity index (χ3n) is 6.86. The van der Waals surface area contributed by atoms with Gasteiger partial charge in [0.2, 0.25) is 0 Å². The number of Topliss-reactive ketones (excluding diaryl/α,β-unsaturated/α-hetero) is 1. The first-order valence-corrected chi connectivity index (χ1v) is 12.3. The maximum atomic E-state index is 13.5. The number of carbonyl (C=O) groups is 2. The summed E-state index contributed by atoms with van der Waals surface area (Å²) in [5.41, 5.74) is 4.89. The molecule has 1 aliphatic heterocycles. The Hall–Kier alpha value is -4.06.